The normalized spacial score (nSPS) is 16.9. The Morgan fingerprint density at radius 3 is 2.67 bits per heavy atom. The van der Waals surface area contributed by atoms with E-state index in [0.717, 1.165) is 0 Å². The van der Waals surface area contributed by atoms with Gasteiger partial charge in [0.2, 0.25) is 5.88 Å². The third kappa shape index (κ3) is 5.76. The molecule has 0 aromatic carbocycles. The van der Waals surface area contributed by atoms with Crippen LogP contribution in [0, 0.1) is 0 Å². The molecule has 1 aliphatic rings. The molecule has 0 saturated carbocycles. The number of pyridine rings is 1. The van der Waals surface area contributed by atoms with E-state index in [1.807, 2.05) is 0 Å². The molecule has 0 fully saturated rings. The van der Waals surface area contributed by atoms with E-state index in [-0.39, 0.29) is 23.6 Å². The Bertz CT molecular complexity index is 861. The molecule has 0 spiro atoms. The molecule has 2 rings (SSSR count). The zero-order chi connectivity index (χ0) is 22.5. The minimum Gasteiger partial charge on any atom is -0.477 e. The van der Waals surface area contributed by atoms with Gasteiger partial charge >= 0.3 is 6.18 Å². The van der Waals surface area contributed by atoms with Gasteiger partial charge in [-0.3, -0.25) is 14.6 Å². The highest BCUT2D eigenvalue weighted by molar-refractivity contribution is 6.12. The molecule has 1 unspecified atom stereocenters. The summed E-state index contributed by atoms with van der Waals surface area (Å²) in [5.74, 6) is -0.947. The monoisotopic (exact) mass is 425 g/mol. The summed E-state index contributed by atoms with van der Waals surface area (Å²) >= 11 is 0. The van der Waals surface area contributed by atoms with Crippen molar-refractivity contribution in [2.45, 2.75) is 38.6 Å². The van der Waals surface area contributed by atoms with Crippen LogP contribution in [0.25, 0.3) is 0 Å². The van der Waals surface area contributed by atoms with Gasteiger partial charge in [0, 0.05) is 29.6 Å². The van der Waals surface area contributed by atoms with E-state index in [1.54, 1.807) is 13.0 Å². The highest BCUT2D eigenvalue weighted by Gasteiger charge is 2.36. The van der Waals surface area contributed by atoms with Gasteiger partial charge in [-0.2, -0.15) is 13.2 Å². The standard InChI is InChI=1S/C20H22F3N3O4/c1-12(14-4-5-17(25-10-14)30-9-7-20(21,22)23)26-11-16(18(28)13(2)27)15(19(26)29)6-8-24-3/h4-6,8,10,12-13,27H,3,7,9,11H2,1-2H3/b8-6-/t12?,13-/m1/s1. The lowest BCUT2D eigenvalue weighted by atomic mass is 10.0. The van der Waals surface area contributed by atoms with E-state index in [4.69, 9.17) is 4.74 Å². The van der Waals surface area contributed by atoms with E-state index >= 15 is 0 Å². The Hall–Kier alpha value is -3.01. The summed E-state index contributed by atoms with van der Waals surface area (Å²) in [6.45, 7) is 5.79. The van der Waals surface area contributed by atoms with Crippen molar-refractivity contribution in [1.29, 1.82) is 0 Å². The lowest BCUT2D eigenvalue weighted by molar-refractivity contribution is -0.139. The third-order valence-corrected chi connectivity index (χ3v) is 4.51. The SMILES string of the molecule is C=N/C=C\C1=C(C(=O)[C@@H](C)O)CN(C(C)c2ccc(OCCC(F)(F)F)nc2)C1=O. The molecule has 2 heterocycles. The number of aliphatic hydroxyl groups excluding tert-OH is 1. The van der Waals surface area contributed by atoms with Gasteiger partial charge < -0.3 is 14.7 Å². The zero-order valence-electron chi connectivity index (χ0n) is 16.5. The minimum atomic E-state index is -4.31. The first-order valence-corrected chi connectivity index (χ1v) is 9.09. The van der Waals surface area contributed by atoms with Crippen molar-refractivity contribution in [3.05, 3.63) is 47.3 Å². The topological polar surface area (TPSA) is 92.1 Å². The Morgan fingerprint density at radius 2 is 2.13 bits per heavy atom. The van der Waals surface area contributed by atoms with Gasteiger partial charge in [0.25, 0.3) is 5.91 Å². The second kappa shape index (κ2) is 9.66. The number of amides is 1. The fraction of sp³-hybridized carbons (Fsp3) is 0.400. The molecule has 1 amide bonds. The molecular weight excluding hydrogens is 403 g/mol. The van der Waals surface area contributed by atoms with Gasteiger partial charge in [-0.1, -0.05) is 6.07 Å². The number of carbonyl (C=O) groups is 2. The molecule has 0 radical (unpaired) electrons. The third-order valence-electron chi connectivity index (χ3n) is 4.51. The number of aliphatic imine (C=N–C) groups is 1. The fourth-order valence-corrected chi connectivity index (χ4v) is 2.86. The molecule has 1 aliphatic heterocycles. The zero-order valence-corrected chi connectivity index (χ0v) is 16.5. The van der Waals surface area contributed by atoms with Gasteiger partial charge in [-0.25, -0.2) is 4.98 Å². The average molecular weight is 425 g/mol. The van der Waals surface area contributed by atoms with Crippen LogP contribution in [0.1, 0.15) is 31.9 Å². The van der Waals surface area contributed by atoms with E-state index in [9.17, 15) is 27.9 Å². The largest absolute Gasteiger partial charge is 0.477 e. The van der Waals surface area contributed by atoms with Gasteiger partial charge in [-0.15, -0.1) is 0 Å². The molecule has 0 aliphatic carbocycles. The van der Waals surface area contributed by atoms with E-state index in [0.29, 0.717) is 5.56 Å². The van der Waals surface area contributed by atoms with Crippen molar-refractivity contribution in [3.63, 3.8) is 0 Å². The van der Waals surface area contributed by atoms with Gasteiger partial charge in [-0.05, 0) is 32.2 Å². The van der Waals surface area contributed by atoms with Crippen LogP contribution in [0.4, 0.5) is 13.2 Å². The molecule has 1 aromatic heterocycles. The van der Waals surface area contributed by atoms with E-state index < -0.39 is 43.0 Å². The summed E-state index contributed by atoms with van der Waals surface area (Å²) < 4.78 is 41.6. The first-order chi connectivity index (χ1) is 14.0. The number of carbonyl (C=O) groups excluding carboxylic acids is 2. The number of hydrogen-bond donors (Lipinski definition) is 1. The maximum absolute atomic E-state index is 12.8. The van der Waals surface area contributed by atoms with Crippen LogP contribution in [-0.4, -0.2) is 58.8 Å². The van der Waals surface area contributed by atoms with Crippen LogP contribution in [0.3, 0.4) is 0 Å². The van der Waals surface area contributed by atoms with E-state index in [2.05, 4.69) is 16.7 Å². The first-order valence-electron chi connectivity index (χ1n) is 9.09. The number of aromatic nitrogens is 1. The lowest BCUT2D eigenvalue weighted by Gasteiger charge is -2.25. The molecule has 2 atom stereocenters. The highest BCUT2D eigenvalue weighted by atomic mass is 19.4. The van der Waals surface area contributed by atoms with Crippen LogP contribution < -0.4 is 4.74 Å². The minimum absolute atomic E-state index is 0.00954. The molecule has 0 bridgehead atoms. The number of rotatable bonds is 9. The van der Waals surface area contributed by atoms with Crippen molar-refractivity contribution in [2.75, 3.05) is 13.2 Å². The fourth-order valence-electron chi connectivity index (χ4n) is 2.86. The molecule has 30 heavy (non-hydrogen) atoms. The number of hydrogen-bond acceptors (Lipinski definition) is 6. The molecule has 0 saturated heterocycles. The maximum Gasteiger partial charge on any atom is 0.392 e. The second-order valence-electron chi connectivity index (χ2n) is 6.68. The Labute approximate surface area is 171 Å². The van der Waals surface area contributed by atoms with Crippen molar-refractivity contribution in [2.24, 2.45) is 4.99 Å². The number of Topliss-reactive ketones (excluding diaryl/α,β-unsaturated/α-hetero) is 1. The quantitative estimate of drug-likeness (QED) is 0.615. The van der Waals surface area contributed by atoms with Crippen molar-refractivity contribution >= 4 is 18.4 Å². The number of alkyl halides is 3. The first kappa shape index (κ1) is 23.3. The summed E-state index contributed by atoms with van der Waals surface area (Å²) in [6, 6.07) is 2.51. The number of ketones is 1. The molecule has 7 nitrogen and oxygen atoms in total. The Kier molecular flexibility index (Phi) is 7.49. The smallest absolute Gasteiger partial charge is 0.392 e. The highest BCUT2D eigenvalue weighted by Crippen LogP contribution is 2.31. The summed E-state index contributed by atoms with van der Waals surface area (Å²) in [5, 5.41) is 9.64. The predicted molar refractivity (Wildman–Crippen MR) is 103 cm³/mol. The van der Waals surface area contributed by atoms with Crippen LogP contribution in [0.2, 0.25) is 0 Å². The molecule has 10 heteroatoms. The summed E-state index contributed by atoms with van der Waals surface area (Å²) in [7, 11) is 0. The summed E-state index contributed by atoms with van der Waals surface area (Å²) in [6.07, 6.45) is -2.62. The Morgan fingerprint density at radius 1 is 1.43 bits per heavy atom. The van der Waals surface area contributed by atoms with Crippen molar-refractivity contribution in [3.8, 4) is 5.88 Å². The predicted octanol–water partition coefficient (Wildman–Crippen LogP) is 2.78. The van der Waals surface area contributed by atoms with Crippen LogP contribution in [0.15, 0.2) is 46.7 Å². The van der Waals surface area contributed by atoms with Crippen LogP contribution in [-0.2, 0) is 9.59 Å². The molecule has 1 aromatic rings. The average Bonchev–Trinajstić information content (AvgIpc) is 3.00. The Balaban J connectivity index is 2.14. The summed E-state index contributed by atoms with van der Waals surface area (Å²) in [4.78, 5) is 34.1. The number of nitrogens with zero attached hydrogens (tertiary/aromatic N) is 3. The number of halogens is 3. The number of aliphatic hydroxyl groups is 1. The van der Waals surface area contributed by atoms with Crippen LogP contribution in [0.5, 0.6) is 5.88 Å². The number of ether oxygens (including phenoxy) is 1. The van der Waals surface area contributed by atoms with Crippen LogP contribution >= 0.6 is 0 Å². The van der Waals surface area contributed by atoms with Gasteiger partial charge in [0.15, 0.2) is 5.78 Å². The summed E-state index contributed by atoms with van der Waals surface area (Å²) in [5.41, 5.74) is 0.893. The lowest BCUT2D eigenvalue weighted by Crippen LogP contribution is -2.31. The van der Waals surface area contributed by atoms with Gasteiger partial charge in [0.05, 0.1) is 25.6 Å². The van der Waals surface area contributed by atoms with Crippen molar-refractivity contribution < 1.29 is 32.6 Å². The maximum atomic E-state index is 12.8. The van der Waals surface area contributed by atoms with Gasteiger partial charge in [0.1, 0.15) is 6.10 Å². The molecule has 1 N–H and O–H groups in total. The molecular formula is C20H22F3N3O4. The molecule has 162 valence electrons. The van der Waals surface area contributed by atoms with E-state index in [1.165, 1.54) is 36.4 Å². The second-order valence-corrected chi connectivity index (χ2v) is 6.68. The van der Waals surface area contributed by atoms with Crippen molar-refractivity contribution in [1.82, 2.24) is 9.88 Å².